The average molecular weight is 431 g/mol. The highest BCUT2D eigenvalue weighted by molar-refractivity contribution is 7.89. The van der Waals surface area contributed by atoms with Crippen LogP contribution in [0.25, 0.3) is 22.4 Å². The van der Waals surface area contributed by atoms with Crippen molar-refractivity contribution >= 4 is 16.0 Å². The van der Waals surface area contributed by atoms with Crippen molar-refractivity contribution in [1.82, 2.24) is 9.78 Å². The minimum atomic E-state index is -3.90. The average Bonchev–Trinajstić information content (AvgIpc) is 3.07. The maximum Gasteiger partial charge on any atom is 0.354 e. The molecule has 30 heavy (non-hydrogen) atoms. The van der Waals surface area contributed by atoms with Crippen molar-refractivity contribution in [2.75, 3.05) is 7.11 Å². The normalized spacial score (nSPS) is 11.3. The Morgan fingerprint density at radius 2 is 1.90 bits per heavy atom. The Bertz CT molecular complexity index is 1230. The predicted octanol–water partition coefficient (Wildman–Crippen LogP) is 2.90. The predicted molar refractivity (Wildman–Crippen MR) is 108 cm³/mol. The molecule has 0 atom stereocenters. The van der Waals surface area contributed by atoms with E-state index in [0.29, 0.717) is 5.56 Å². The number of primary sulfonamides is 1. The summed E-state index contributed by atoms with van der Waals surface area (Å²) in [6.07, 6.45) is 1.48. The van der Waals surface area contributed by atoms with Gasteiger partial charge in [-0.3, -0.25) is 4.68 Å². The molecule has 3 N–H and O–H groups in total. The van der Waals surface area contributed by atoms with Crippen molar-refractivity contribution in [2.24, 2.45) is 5.14 Å². The second-order valence-electron chi connectivity index (χ2n) is 6.27. The summed E-state index contributed by atoms with van der Waals surface area (Å²) in [5.74, 6) is -1.92. The zero-order valence-electron chi connectivity index (χ0n) is 15.9. The number of halogens is 1. The second-order valence-corrected chi connectivity index (χ2v) is 7.83. The third-order valence-corrected chi connectivity index (χ3v) is 5.28. The number of carbonyl (C=O) groups is 1. The first-order chi connectivity index (χ1) is 14.2. The molecule has 0 saturated carbocycles. The number of benzene rings is 2. The first-order valence-corrected chi connectivity index (χ1v) is 10.1. The number of ether oxygens (including phenoxy) is 1. The summed E-state index contributed by atoms with van der Waals surface area (Å²) in [6, 6.07) is 9.54. The van der Waals surface area contributed by atoms with Crippen molar-refractivity contribution in [1.29, 1.82) is 0 Å². The quantitative estimate of drug-likeness (QED) is 0.554. The van der Waals surface area contributed by atoms with Crippen LogP contribution in [0.1, 0.15) is 10.5 Å². The van der Waals surface area contributed by atoms with Gasteiger partial charge in [-0.2, -0.15) is 5.10 Å². The Hall–Kier alpha value is -3.50. The second kappa shape index (κ2) is 8.09. The van der Waals surface area contributed by atoms with Crippen molar-refractivity contribution in [3.63, 3.8) is 0 Å². The lowest BCUT2D eigenvalue weighted by Crippen LogP contribution is -2.11. The molecule has 0 aliphatic heterocycles. The number of nitrogens with zero attached hydrogens (tertiary/aromatic N) is 2. The van der Waals surface area contributed by atoms with Gasteiger partial charge in [0.2, 0.25) is 10.0 Å². The Balaban J connectivity index is 2.29. The fourth-order valence-corrected chi connectivity index (χ4v) is 3.55. The number of hydrogen-bond donors (Lipinski definition) is 2. The van der Waals surface area contributed by atoms with Gasteiger partial charge >= 0.3 is 5.97 Å². The van der Waals surface area contributed by atoms with Gasteiger partial charge in [-0.05, 0) is 29.8 Å². The minimum Gasteiger partial charge on any atom is -0.494 e. The summed E-state index contributed by atoms with van der Waals surface area (Å²) in [5.41, 5.74) is 0.949. The van der Waals surface area contributed by atoms with E-state index < -0.39 is 21.8 Å². The number of aromatic nitrogens is 2. The number of allylic oxidation sites excluding steroid dienone is 1. The monoisotopic (exact) mass is 431 g/mol. The van der Waals surface area contributed by atoms with Crippen molar-refractivity contribution in [3.05, 3.63) is 66.6 Å². The highest BCUT2D eigenvalue weighted by Crippen LogP contribution is 2.36. The zero-order chi connectivity index (χ0) is 22.1. The number of hydrogen-bond acceptors (Lipinski definition) is 5. The van der Waals surface area contributed by atoms with Gasteiger partial charge < -0.3 is 9.84 Å². The summed E-state index contributed by atoms with van der Waals surface area (Å²) in [7, 11) is -2.58. The van der Waals surface area contributed by atoms with Crippen molar-refractivity contribution in [3.8, 4) is 28.1 Å². The summed E-state index contributed by atoms with van der Waals surface area (Å²) in [6.45, 7) is 3.71. The van der Waals surface area contributed by atoms with Crippen LogP contribution < -0.4 is 9.88 Å². The molecule has 0 aliphatic rings. The van der Waals surface area contributed by atoms with Gasteiger partial charge in [0.25, 0.3) is 0 Å². The van der Waals surface area contributed by atoms with Crippen molar-refractivity contribution < 1.29 is 27.4 Å². The number of aromatic carboxylic acids is 1. The van der Waals surface area contributed by atoms with Crippen LogP contribution in [-0.2, 0) is 16.6 Å². The summed E-state index contributed by atoms with van der Waals surface area (Å²) in [4.78, 5) is 11.9. The van der Waals surface area contributed by atoms with Gasteiger partial charge in [-0.25, -0.2) is 22.7 Å². The lowest BCUT2D eigenvalue weighted by molar-refractivity contribution is 0.0685. The Kier molecular flexibility index (Phi) is 5.72. The topological polar surface area (TPSA) is 125 Å². The van der Waals surface area contributed by atoms with E-state index in [9.17, 15) is 22.7 Å². The van der Waals surface area contributed by atoms with Crippen LogP contribution in [0.15, 0.2) is 60.0 Å². The third-order valence-electron chi connectivity index (χ3n) is 4.35. The molecule has 156 valence electrons. The van der Waals surface area contributed by atoms with E-state index in [-0.39, 0.29) is 39.7 Å². The van der Waals surface area contributed by atoms with Gasteiger partial charge in [-0.1, -0.05) is 24.3 Å². The smallest absolute Gasteiger partial charge is 0.354 e. The van der Waals surface area contributed by atoms with Gasteiger partial charge in [-0.15, -0.1) is 6.58 Å². The van der Waals surface area contributed by atoms with Crippen molar-refractivity contribution in [2.45, 2.75) is 11.4 Å². The molecule has 0 unspecified atom stereocenters. The van der Waals surface area contributed by atoms with E-state index in [0.717, 1.165) is 6.07 Å². The van der Waals surface area contributed by atoms with Gasteiger partial charge in [0.1, 0.15) is 5.69 Å². The molecule has 2 aromatic carbocycles. The largest absolute Gasteiger partial charge is 0.494 e. The van der Waals surface area contributed by atoms with E-state index in [1.54, 1.807) is 0 Å². The molecule has 0 amide bonds. The Labute approximate surface area is 172 Å². The van der Waals surface area contributed by atoms with Crippen LogP contribution in [0, 0.1) is 5.82 Å². The molecular formula is C20H18FN3O5S. The molecule has 1 aromatic heterocycles. The fourth-order valence-electron chi connectivity index (χ4n) is 3.03. The molecule has 0 saturated heterocycles. The molecule has 1 heterocycles. The van der Waals surface area contributed by atoms with Gasteiger partial charge in [0, 0.05) is 11.1 Å². The number of carboxylic acids is 1. The molecule has 0 aliphatic carbocycles. The first-order valence-electron chi connectivity index (χ1n) is 8.59. The summed E-state index contributed by atoms with van der Waals surface area (Å²) < 4.78 is 43.5. The molecule has 3 rings (SSSR count). The number of rotatable bonds is 7. The first kappa shape index (κ1) is 21.2. The van der Waals surface area contributed by atoms with E-state index in [2.05, 4.69) is 11.7 Å². The van der Waals surface area contributed by atoms with Crippen LogP contribution in [0.2, 0.25) is 0 Å². The van der Waals surface area contributed by atoms with E-state index in [4.69, 9.17) is 9.88 Å². The molecular weight excluding hydrogens is 413 g/mol. The maximum atomic E-state index is 14.3. The van der Waals surface area contributed by atoms with Gasteiger partial charge in [0.15, 0.2) is 17.3 Å². The maximum absolute atomic E-state index is 14.3. The van der Waals surface area contributed by atoms with Crippen LogP contribution in [0.4, 0.5) is 4.39 Å². The highest BCUT2D eigenvalue weighted by atomic mass is 32.2. The Morgan fingerprint density at radius 3 is 2.40 bits per heavy atom. The standard InChI is InChI=1S/C20H18FN3O5S/c1-3-10-24-19(20(25)26)17(13-6-9-16(29-2)15(21)11-13)18(23-24)12-4-7-14(8-5-12)30(22,27)28/h3-9,11H,1,10H2,2H3,(H,25,26)(H2,22,27,28). The van der Waals surface area contributed by atoms with Gasteiger partial charge in [0.05, 0.1) is 18.6 Å². The molecule has 0 bridgehead atoms. The lowest BCUT2D eigenvalue weighted by Gasteiger charge is -2.08. The highest BCUT2D eigenvalue weighted by Gasteiger charge is 2.26. The van der Waals surface area contributed by atoms with Crippen LogP contribution in [-0.4, -0.2) is 36.4 Å². The number of methoxy groups -OCH3 is 1. The fraction of sp³-hybridized carbons (Fsp3) is 0.100. The SMILES string of the molecule is C=CCn1nc(-c2ccc(S(N)(=O)=O)cc2)c(-c2ccc(OC)c(F)c2)c1C(=O)O. The van der Waals surface area contributed by atoms with E-state index in [1.807, 2.05) is 0 Å². The molecule has 10 heteroatoms. The van der Waals surface area contributed by atoms with E-state index in [1.165, 1.54) is 54.3 Å². The lowest BCUT2D eigenvalue weighted by atomic mass is 9.98. The Morgan fingerprint density at radius 1 is 1.27 bits per heavy atom. The third kappa shape index (κ3) is 3.95. The van der Waals surface area contributed by atoms with Crippen LogP contribution in [0.5, 0.6) is 5.75 Å². The van der Waals surface area contributed by atoms with Crippen LogP contribution >= 0.6 is 0 Å². The summed E-state index contributed by atoms with van der Waals surface area (Å²) >= 11 is 0. The minimum absolute atomic E-state index is 0.00756. The number of nitrogens with two attached hydrogens (primary N) is 1. The molecule has 0 fully saturated rings. The molecule has 8 nitrogen and oxygen atoms in total. The molecule has 0 radical (unpaired) electrons. The molecule has 3 aromatic rings. The number of carboxylic acid groups (broad SMARTS) is 1. The van der Waals surface area contributed by atoms with E-state index >= 15 is 0 Å². The molecule has 0 spiro atoms. The zero-order valence-corrected chi connectivity index (χ0v) is 16.7. The summed E-state index contributed by atoms with van der Waals surface area (Å²) in [5, 5.41) is 19.3. The number of sulfonamides is 1. The van der Waals surface area contributed by atoms with Crippen LogP contribution in [0.3, 0.4) is 0 Å².